The number of carboxylic acid groups (broad SMARTS) is 1. The molecule has 0 aromatic carbocycles. The van der Waals surface area contributed by atoms with Crippen LogP contribution >= 0.6 is 12.4 Å². The lowest BCUT2D eigenvalue weighted by molar-refractivity contribution is -0.139. The second-order valence-corrected chi connectivity index (χ2v) is 6.53. The van der Waals surface area contributed by atoms with Gasteiger partial charge in [0.25, 0.3) is 0 Å². The van der Waals surface area contributed by atoms with Crippen molar-refractivity contribution in [1.82, 2.24) is 14.7 Å². The minimum absolute atomic E-state index is 0. The Kier molecular flexibility index (Phi) is 7.96. The molecule has 24 heavy (non-hydrogen) atoms. The second kappa shape index (κ2) is 9.22. The Hall–Kier alpha value is -1.34. The minimum Gasteiger partial charge on any atom is -0.481 e. The average Bonchev–Trinajstić information content (AvgIpc) is 3.11. The fraction of sp³-hybridized carbons (Fsp3) is 0.812. The molecule has 2 heterocycles. The highest BCUT2D eigenvalue weighted by Crippen LogP contribution is 2.24. The van der Waals surface area contributed by atoms with E-state index in [9.17, 15) is 14.4 Å². The van der Waals surface area contributed by atoms with E-state index in [1.807, 2.05) is 4.90 Å². The van der Waals surface area contributed by atoms with Crippen molar-refractivity contribution in [3.05, 3.63) is 0 Å². The lowest BCUT2D eigenvalue weighted by atomic mass is 10.1. The van der Waals surface area contributed by atoms with Gasteiger partial charge in [0.1, 0.15) is 0 Å². The molecule has 0 radical (unpaired) electrons. The Morgan fingerprint density at radius 3 is 2.71 bits per heavy atom. The van der Waals surface area contributed by atoms with Gasteiger partial charge in [-0.15, -0.1) is 12.4 Å². The summed E-state index contributed by atoms with van der Waals surface area (Å²) in [7, 11) is 1.61. The number of rotatable bonds is 7. The van der Waals surface area contributed by atoms with Crippen molar-refractivity contribution < 1.29 is 19.5 Å². The summed E-state index contributed by atoms with van der Waals surface area (Å²) in [4.78, 5) is 40.8. The molecule has 2 saturated heterocycles. The van der Waals surface area contributed by atoms with Crippen LogP contribution in [0, 0.1) is 5.92 Å². The molecule has 2 aliphatic rings. The maximum Gasteiger partial charge on any atom is 0.305 e. The molecule has 0 aromatic heterocycles. The zero-order chi connectivity index (χ0) is 17.0. The third-order valence-corrected chi connectivity index (χ3v) is 4.94. The number of carbonyl (C=O) groups is 3. The topological polar surface area (TPSA) is 81.2 Å². The number of amides is 2. The van der Waals surface area contributed by atoms with Gasteiger partial charge >= 0.3 is 5.97 Å². The summed E-state index contributed by atoms with van der Waals surface area (Å²) in [5.41, 5.74) is 0. The van der Waals surface area contributed by atoms with Crippen molar-refractivity contribution in [3.63, 3.8) is 0 Å². The van der Waals surface area contributed by atoms with Crippen molar-refractivity contribution >= 4 is 30.2 Å². The highest BCUT2D eigenvalue weighted by Gasteiger charge is 2.37. The summed E-state index contributed by atoms with van der Waals surface area (Å²) in [5.74, 6) is -1.34. The number of carbonyl (C=O) groups excluding carboxylic acids is 2. The normalized spacial score (nSPS) is 24.1. The molecule has 8 heteroatoms. The quantitative estimate of drug-likeness (QED) is 0.721. The van der Waals surface area contributed by atoms with Crippen LogP contribution in [0.25, 0.3) is 0 Å². The molecule has 7 nitrogen and oxygen atoms in total. The molecule has 138 valence electrons. The standard InChI is InChI=1S/C16H27N3O4.ClH/c1-3-18-7-4-5-13(18)11-19-10-12(9-14(19)20)16(23)17(2)8-6-15(21)22;/h12-13H,3-11H2,1-2H3,(H,21,22);1H. The van der Waals surface area contributed by atoms with E-state index in [2.05, 4.69) is 11.8 Å². The van der Waals surface area contributed by atoms with Gasteiger partial charge in [0.05, 0.1) is 12.3 Å². The zero-order valence-electron chi connectivity index (χ0n) is 14.4. The fourth-order valence-corrected chi connectivity index (χ4v) is 3.57. The number of hydrogen-bond donors (Lipinski definition) is 1. The number of likely N-dealkylation sites (N-methyl/N-ethyl adjacent to an activating group) is 1. The van der Waals surface area contributed by atoms with Gasteiger partial charge < -0.3 is 14.9 Å². The van der Waals surface area contributed by atoms with Crippen LogP contribution in [0.2, 0.25) is 0 Å². The Morgan fingerprint density at radius 1 is 1.38 bits per heavy atom. The molecule has 0 bridgehead atoms. The molecule has 0 spiro atoms. The van der Waals surface area contributed by atoms with Crippen molar-refractivity contribution in [2.24, 2.45) is 5.92 Å². The highest BCUT2D eigenvalue weighted by molar-refractivity contribution is 5.89. The van der Waals surface area contributed by atoms with Crippen LogP contribution in [-0.4, -0.2) is 83.4 Å². The van der Waals surface area contributed by atoms with Crippen LogP contribution < -0.4 is 0 Å². The highest BCUT2D eigenvalue weighted by atomic mass is 35.5. The number of nitrogens with zero attached hydrogens (tertiary/aromatic N) is 3. The lowest BCUT2D eigenvalue weighted by Crippen LogP contribution is -2.41. The summed E-state index contributed by atoms with van der Waals surface area (Å²) in [6.45, 7) is 5.56. The Bertz CT molecular complexity index is 474. The van der Waals surface area contributed by atoms with Crippen LogP contribution in [0.3, 0.4) is 0 Å². The minimum atomic E-state index is -0.922. The fourth-order valence-electron chi connectivity index (χ4n) is 3.57. The Morgan fingerprint density at radius 2 is 2.08 bits per heavy atom. The predicted octanol–water partition coefficient (Wildman–Crippen LogP) is 0.674. The smallest absolute Gasteiger partial charge is 0.305 e. The summed E-state index contributed by atoms with van der Waals surface area (Å²) in [5, 5.41) is 8.70. The van der Waals surface area contributed by atoms with E-state index < -0.39 is 5.97 Å². The van der Waals surface area contributed by atoms with Crippen LogP contribution in [0.15, 0.2) is 0 Å². The molecule has 2 fully saturated rings. The number of likely N-dealkylation sites (tertiary alicyclic amines) is 2. The Labute approximate surface area is 149 Å². The molecule has 0 aromatic rings. The van der Waals surface area contributed by atoms with E-state index in [0.717, 1.165) is 19.5 Å². The summed E-state index contributed by atoms with van der Waals surface area (Å²) in [6, 6.07) is 0.405. The maximum absolute atomic E-state index is 12.4. The second-order valence-electron chi connectivity index (χ2n) is 6.53. The SMILES string of the molecule is CCN1CCCC1CN1CC(C(=O)N(C)CCC(=O)O)CC1=O.Cl. The van der Waals surface area contributed by atoms with Crippen molar-refractivity contribution in [2.45, 2.75) is 38.6 Å². The summed E-state index contributed by atoms with van der Waals surface area (Å²) >= 11 is 0. The number of hydrogen-bond acceptors (Lipinski definition) is 4. The van der Waals surface area contributed by atoms with Crippen LogP contribution in [0.4, 0.5) is 0 Å². The van der Waals surface area contributed by atoms with Crippen molar-refractivity contribution in [1.29, 1.82) is 0 Å². The maximum atomic E-state index is 12.4. The van der Waals surface area contributed by atoms with Gasteiger partial charge in [0.2, 0.25) is 11.8 Å². The van der Waals surface area contributed by atoms with E-state index in [1.165, 1.54) is 11.3 Å². The van der Waals surface area contributed by atoms with E-state index in [1.54, 1.807) is 7.05 Å². The van der Waals surface area contributed by atoms with Gasteiger partial charge in [-0.2, -0.15) is 0 Å². The van der Waals surface area contributed by atoms with Gasteiger partial charge in [0, 0.05) is 39.1 Å². The molecule has 2 aliphatic heterocycles. The molecule has 2 amide bonds. The van der Waals surface area contributed by atoms with Gasteiger partial charge in [-0.1, -0.05) is 6.92 Å². The third kappa shape index (κ3) is 5.08. The van der Waals surface area contributed by atoms with Gasteiger partial charge in [-0.25, -0.2) is 0 Å². The van der Waals surface area contributed by atoms with Crippen molar-refractivity contribution in [2.75, 3.05) is 39.8 Å². The third-order valence-electron chi connectivity index (χ3n) is 4.94. The average molecular weight is 362 g/mol. The predicted molar refractivity (Wildman–Crippen MR) is 92.1 cm³/mol. The summed E-state index contributed by atoms with van der Waals surface area (Å²) in [6.07, 6.45) is 2.45. The molecule has 2 atom stereocenters. The zero-order valence-corrected chi connectivity index (χ0v) is 15.3. The van der Waals surface area contributed by atoms with Crippen LogP contribution in [-0.2, 0) is 14.4 Å². The molecular weight excluding hydrogens is 334 g/mol. The first kappa shape index (κ1) is 20.7. The lowest BCUT2D eigenvalue weighted by Gasteiger charge is -2.28. The van der Waals surface area contributed by atoms with Crippen LogP contribution in [0.5, 0.6) is 0 Å². The molecule has 0 saturated carbocycles. The van der Waals surface area contributed by atoms with E-state index in [-0.39, 0.29) is 49.5 Å². The molecule has 1 N–H and O–H groups in total. The van der Waals surface area contributed by atoms with Crippen molar-refractivity contribution in [3.8, 4) is 0 Å². The van der Waals surface area contributed by atoms with Gasteiger partial charge in [0.15, 0.2) is 0 Å². The van der Waals surface area contributed by atoms with E-state index in [0.29, 0.717) is 19.1 Å². The summed E-state index contributed by atoms with van der Waals surface area (Å²) < 4.78 is 0. The number of halogens is 1. The Balaban J connectivity index is 0.00000288. The first-order valence-corrected chi connectivity index (χ1v) is 8.41. The first-order chi connectivity index (χ1) is 10.9. The van der Waals surface area contributed by atoms with E-state index in [4.69, 9.17) is 5.11 Å². The molecule has 2 rings (SSSR count). The number of aliphatic carboxylic acids is 1. The molecule has 2 unspecified atom stereocenters. The first-order valence-electron chi connectivity index (χ1n) is 8.41. The largest absolute Gasteiger partial charge is 0.481 e. The molecule has 0 aliphatic carbocycles. The number of carboxylic acids is 1. The van der Waals surface area contributed by atoms with Gasteiger partial charge in [-0.3, -0.25) is 19.3 Å². The van der Waals surface area contributed by atoms with Crippen LogP contribution in [0.1, 0.15) is 32.6 Å². The van der Waals surface area contributed by atoms with E-state index >= 15 is 0 Å². The monoisotopic (exact) mass is 361 g/mol. The van der Waals surface area contributed by atoms with Gasteiger partial charge in [-0.05, 0) is 25.9 Å². The molecular formula is C16H28ClN3O4.